The molecule has 28 heavy (non-hydrogen) atoms. The van der Waals surface area contributed by atoms with Crippen LogP contribution in [0.15, 0.2) is 54.2 Å². The van der Waals surface area contributed by atoms with Gasteiger partial charge in [0.15, 0.2) is 5.78 Å². The third-order valence-electron chi connectivity index (χ3n) is 4.70. The highest BCUT2D eigenvalue weighted by atomic mass is 19.1. The van der Waals surface area contributed by atoms with Crippen LogP contribution in [0.4, 0.5) is 10.3 Å². The fourth-order valence-corrected chi connectivity index (χ4v) is 3.42. The lowest BCUT2D eigenvalue weighted by molar-refractivity contribution is 0.104. The molecule has 0 radical (unpaired) electrons. The van der Waals surface area contributed by atoms with Crippen molar-refractivity contribution >= 4 is 17.9 Å². The number of allylic oxidation sites excluding steroid dienone is 1. The van der Waals surface area contributed by atoms with Crippen LogP contribution in [-0.2, 0) is 6.42 Å². The molecule has 0 fully saturated rings. The number of aromatic nitrogens is 2. The van der Waals surface area contributed by atoms with Gasteiger partial charge >= 0.3 is 0 Å². The van der Waals surface area contributed by atoms with E-state index in [-0.39, 0.29) is 17.5 Å². The van der Waals surface area contributed by atoms with E-state index < -0.39 is 0 Å². The van der Waals surface area contributed by atoms with Crippen LogP contribution in [-0.4, -0.2) is 22.0 Å². The molecule has 1 aromatic heterocycles. The Morgan fingerprint density at radius 1 is 1.07 bits per heavy atom. The molecule has 1 aliphatic carbocycles. The number of nitrogens with two attached hydrogens (primary N) is 2. The molecule has 5 N–H and O–H groups in total. The number of carbonyl (C=O) groups is 1. The van der Waals surface area contributed by atoms with Crippen LogP contribution < -0.4 is 11.5 Å². The number of rotatable bonds is 4. The number of hydrogen-bond donors (Lipinski definition) is 3. The van der Waals surface area contributed by atoms with Crippen LogP contribution in [0, 0.1) is 11.2 Å². The first-order chi connectivity index (χ1) is 13.5. The molecule has 7 heteroatoms. The summed E-state index contributed by atoms with van der Waals surface area (Å²) in [5, 5.41) is 7.47. The Balaban J connectivity index is 1.96. The van der Waals surface area contributed by atoms with Crippen molar-refractivity contribution in [2.45, 2.75) is 6.42 Å². The van der Waals surface area contributed by atoms with E-state index in [1.165, 1.54) is 24.5 Å². The Morgan fingerprint density at radius 3 is 2.46 bits per heavy atom. The molecule has 6 nitrogen and oxygen atoms in total. The topological polar surface area (TPSA) is 119 Å². The zero-order valence-electron chi connectivity index (χ0n) is 14.7. The van der Waals surface area contributed by atoms with Crippen molar-refractivity contribution in [3.05, 3.63) is 76.7 Å². The predicted molar refractivity (Wildman–Crippen MR) is 105 cm³/mol. The van der Waals surface area contributed by atoms with Crippen LogP contribution in [0.1, 0.15) is 21.5 Å². The Hall–Kier alpha value is -3.87. The fourth-order valence-electron chi connectivity index (χ4n) is 3.42. The molecule has 0 saturated carbocycles. The van der Waals surface area contributed by atoms with Gasteiger partial charge in [0, 0.05) is 29.3 Å². The number of halogens is 1. The maximum absolute atomic E-state index is 13.3. The summed E-state index contributed by atoms with van der Waals surface area (Å²) >= 11 is 0. The van der Waals surface area contributed by atoms with Crippen LogP contribution in [0.3, 0.4) is 0 Å². The zero-order valence-corrected chi connectivity index (χ0v) is 14.7. The Bertz CT molecular complexity index is 1150. The second kappa shape index (κ2) is 6.70. The number of nitrogens with zero attached hydrogens (tertiary/aromatic N) is 2. The summed E-state index contributed by atoms with van der Waals surface area (Å²) in [5.41, 5.74) is 15.8. The van der Waals surface area contributed by atoms with Gasteiger partial charge in [0.2, 0.25) is 5.95 Å². The van der Waals surface area contributed by atoms with Gasteiger partial charge in [0.1, 0.15) is 5.82 Å². The van der Waals surface area contributed by atoms with E-state index in [9.17, 15) is 9.18 Å². The molecule has 0 unspecified atom stereocenters. The van der Waals surface area contributed by atoms with Crippen LogP contribution in [0.2, 0.25) is 0 Å². The molecule has 0 spiro atoms. The lowest BCUT2D eigenvalue weighted by Gasteiger charge is -2.10. The number of hydrogen-bond acceptors (Lipinski definition) is 6. The van der Waals surface area contributed by atoms with E-state index in [0.29, 0.717) is 45.6 Å². The molecular weight excluding hydrogens is 357 g/mol. The number of anilines is 1. The lowest BCUT2D eigenvalue weighted by atomic mass is 9.97. The highest BCUT2D eigenvalue weighted by molar-refractivity contribution is 6.24. The summed E-state index contributed by atoms with van der Waals surface area (Å²) in [4.78, 5) is 21.7. The first kappa shape index (κ1) is 17.5. The molecule has 0 atom stereocenters. The van der Waals surface area contributed by atoms with Gasteiger partial charge in [-0.3, -0.25) is 4.79 Å². The molecular formula is C21H16FN5O. The minimum atomic E-state index is -0.382. The Labute approximate surface area is 160 Å². The predicted octanol–water partition coefficient (Wildman–Crippen LogP) is 3.11. The van der Waals surface area contributed by atoms with E-state index in [1.54, 1.807) is 24.3 Å². The standard InChI is InChI=1S/C21H16FN5O/c22-14-6-4-12(5-7-14)18-17-19(27-21(25)26-18)16-13(8-11(9-23)10-24)2-1-3-15(16)20(17)28/h1-7,9-10,23H,8,24H2,(H2,25,26,27)/b11-10-,23-9?. The van der Waals surface area contributed by atoms with Crippen molar-refractivity contribution in [2.24, 2.45) is 5.73 Å². The third-order valence-corrected chi connectivity index (χ3v) is 4.70. The normalized spacial score (nSPS) is 12.6. The van der Waals surface area contributed by atoms with Gasteiger partial charge in [0.25, 0.3) is 0 Å². The van der Waals surface area contributed by atoms with Crippen molar-refractivity contribution in [1.82, 2.24) is 9.97 Å². The summed E-state index contributed by atoms with van der Waals surface area (Å²) in [6, 6.07) is 11.1. The van der Waals surface area contributed by atoms with Gasteiger partial charge in [-0.05, 0) is 41.6 Å². The number of benzene rings is 2. The van der Waals surface area contributed by atoms with Crippen molar-refractivity contribution in [2.75, 3.05) is 5.73 Å². The number of nitrogen functional groups attached to an aromatic ring is 1. The second-order valence-corrected chi connectivity index (χ2v) is 6.39. The first-order valence-corrected chi connectivity index (χ1v) is 8.55. The highest BCUT2D eigenvalue weighted by Crippen LogP contribution is 2.42. The summed E-state index contributed by atoms with van der Waals surface area (Å²) in [7, 11) is 0. The van der Waals surface area contributed by atoms with E-state index in [0.717, 1.165) is 5.56 Å². The minimum absolute atomic E-state index is 0.0233. The zero-order chi connectivity index (χ0) is 19.8. The van der Waals surface area contributed by atoms with Crippen LogP contribution in [0.5, 0.6) is 0 Å². The van der Waals surface area contributed by atoms with Gasteiger partial charge in [-0.1, -0.05) is 18.2 Å². The quantitative estimate of drug-likeness (QED) is 0.475. The van der Waals surface area contributed by atoms with Crippen molar-refractivity contribution < 1.29 is 9.18 Å². The Morgan fingerprint density at radius 2 is 1.79 bits per heavy atom. The molecule has 1 heterocycles. The molecule has 2 aromatic carbocycles. The summed E-state index contributed by atoms with van der Waals surface area (Å²) in [6.45, 7) is 0. The van der Waals surface area contributed by atoms with Gasteiger partial charge in [-0.2, -0.15) is 0 Å². The molecule has 0 saturated heterocycles. The maximum atomic E-state index is 13.3. The SMILES string of the molecule is N=C/C(=C\N)Cc1cccc2c1-c1nc(N)nc(-c3ccc(F)cc3)c1C2=O. The molecule has 0 aliphatic heterocycles. The molecule has 0 amide bonds. The molecule has 1 aliphatic rings. The van der Waals surface area contributed by atoms with Gasteiger partial charge in [-0.25, -0.2) is 14.4 Å². The summed E-state index contributed by atoms with van der Waals surface area (Å²) < 4.78 is 13.3. The van der Waals surface area contributed by atoms with Crippen molar-refractivity contribution in [1.29, 1.82) is 5.41 Å². The monoisotopic (exact) mass is 373 g/mol. The number of ketones is 1. The molecule has 4 rings (SSSR count). The maximum Gasteiger partial charge on any atom is 0.221 e. The molecule has 138 valence electrons. The fraction of sp³-hybridized carbons (Fsp3) is 0.0476. The Kier molecular flexibility index (Phi) is 4.19. The van der Waals surface area contributed by atoms with Crippen LogP contribution in [0.25, 0.3) is 22.5 Å². The third kappa shape index (κ3) is 2.73. The van der Waals surface area contributed by atoms with Crippen molar-refractivity contribution in [3.63, 3.8) is 0 Å². The lowest BCUT2D eigenvalue weighted by Crippen LogP contribution is -2.05. The highest BCUT2D eigenvalue weighted by Gasteiger charge is 2.34. The average molecular weight is 373 g/mol. The summed E-state index contributed by atoms with van der Waals surface area (Å²) in [5.74, 6) is -0.568. The van der Waals surface area contributed by atoms with Gasteiger partial charge in [0.05, 0.1) is 17.0 Å². The summed E-state index contributed by atoms with van der Waals surface area (Å²) in [6.07, 6.45) is 2.92. The van der Waals surface area contributed by atoms with E-state index >= 15 is 0 Å². The van der Waals surface area contributed by atoms with Crippen LogP contribution >= 0.6 is 0 Å². The molecule has 0 bridgehead atoms. The first-order valence-electron chi connectivity index (χ1n) is 8.55. The van der Waals surface area contributed by atoms with Gasteiger partial charge < -0.3 is 16.9 Å². The number of nitrogens with one attached hydrogen (secondary N) is 1. The smallest absolute Gasteiger partial charge is 0.221 e. The van der Waals surface area contributed by atoms with E-state index in [2.05, 4.69) is 9.97 Å². The minimum Gasteiger partial charge on any atom is -0.404 e. The number of fused-ring (bicyclic) bond motifs is 3. The molecule has 3 aromatic rings. The number of carbonyl (C=O) groups excluding carboxylic acids is 1. The largest absolute Gasteiger partial charge is 0.404 e. The second-order valence-electron chi connectivity index (χ2n) is 6.39. The van der Waals surface area contributed by atoms with Gasteiger partial charge in [-0.15, -0.1) is 0 Å². The van der Waals surface area contributed by atoms with E-state index in [4.69, 9.17) is 16.9 Å². The van der Waals surface area contributed by atoms with E-state index in [1.807, 2.05) is 6.07 Å². The average Bonchev–Trinajstić information content (AvgIpc) is 2.99. The van der Waals surface area contributed by atoms with Crippen molar-refractivity contribution in [3.8, 4) is 22.5 Å².